The van der Waals surface area contributed by atoms with Gasteiger partial charge in [-0.15, -0.1) is 11.3 Å². The van der Waals surface area contributed by atoms with Gasteiger partial charge in [0.05, 0.1) is 10.5 Å². The molecule has 9 heteroatoms. The van der Waals surface area contributed by atoms with Crippen molar-refractivity contribution in [2.24, 2.45) is 0 Å². The van der Waals surface area contributed by atoms with Crippen molar-refractivity contribution in [2.45, 2.75) is 24.8 Å². The van der Waals surface area contributed by atoms with Gasteiger partial charge in [-0.2, -0.15) is 5.26 Å². The lowest BCUT2D eigenvalue weighted by Gasteiger charge is -2.24. The molecular weight excluding hydrogens is 396 g/mol. The number of amides is 1. The van der Waals surface area contributed by atoms with E-state index >= 15 is 0 Å². The molecule has 2 heterocycles. The van der Waals surface area contributed by atoms with Crippen LogP contribution in [0.3, 0.4) is 0 Å². The molecule has 0 saturated heterocycles. The van der Waals surface area contributed by atoms with Crippen LogP contribution in [0, 0.1) is 11.3 Å². The zero-order valence-electron chi connectivity index (χ0n) is 16.0. The van der Waals surface area contributed by atoms with Gasteiger partial charge in [0.2, 0.25) is 10.0 Å². The minimum absolute atomic E-state index is 0.123. The zero-order chi connectivity index (χ0) is 20.5. The van der Waals surface area contributed by atoms with Gasteiger partial charge >= 0.3 is 0 Å². The number of hydrogen-bond acceptors (Lipinski definition) is 6. The van der Waals surface area contributed by atoms with Crippen molar-refractivity contribution in [2.75, 3.05) is 32.5 Å². The van der Waals surface area contributed by atoms with Gasteiger partial charge in [0.1, 0.15) is 11.1 Å². The molecule has 148 valence electrons. The highest BCUT2D eigenvalue weighted by Crippen LogP contribution is 2.36. The molecule has 0 aliphatic carbocycles. The predicted molar refractivity (Wildman–Crippen MR) is 109 cm³/mol. The van der Waals surface area contributed by atoms with Crippen LogP contribution in [0.4, 0.5) is 5.00 Å². The Morgan fingerprint density at radius 1 is 1.32 bits per heavy atom. The first-order valence-electron chi connectivity index (χ1n) is 8.88. The number of likely N-dealkylation sites (N-methyl/N-ethyl adjacent to an activating group) is 1. The van der Waals surface area contributed by atoms with E-state index in [1.165, 1.54) is 49.7 Å². The van der Waals surface area contributed by atoms with Gasteiger partial charge in [0, 0.05) is 37.6 Å². The molecule has 28 heavy (non-hydrogen) atoms. The van der Waals surface area contributed by atoms with Gasteiger partial charge in [-0.3, -0.25) is 9.69 Å². The maximum absolute atomic E-state index is 12.6. The Kier molecular flexibility index (Phi) is 5.86. The Morgan fingerprint density at radius 2 is 2.00 bits per heavy atom. The lowest BCUT2D eigenvalue weighted by molar-refractivity contribution is 0.102. The van der Waals surface area contributed by atoms with E-state index in [0.29, 0.717) is 16.1 Å². The minimum atomic E-state index is -3.54. The largest absolute Gasteiger partial charge is 0.312 e. The number of carbonyl (C=O) groups excluding carboxylic acids is 1. The summed E-state index contributed by atoms with van der Waals surface area (Å²) in [5, 5.41) is 13.0. The maximum Gasteiger partial charge on any atom is 0.256 e. The summed E-state index contributed by atoms with van der Waals surface area (Å²) in [5.41, 5.74) is 1.90. The van der Waals surface area contributed by atoms with Crippen molar-refractivity contribution in [3.8, 4) is 6.07 Å². The first-order chi connectivity index (χ1) is 13.3. The Labute approximate surface area is 169 Å². The third-order valence-electron chi connectivity index (χ3n) is 4.82. The smallest absolute Gasteiger partial charge is 0.256 e. The van der Waals surface area contributed by atoms with Crippen LogP contribution in [0.25, 0.3) is 0 Å². The molecule has 1 aromatic carbocycles. The van der Waals surface area contributed by atoms with Gasteiger partial charge < -0.3 is 5.32 Å². The lowest BCUT2D eigenvalue weighted by atomic mass is 10.0. The molecule has 1 N–H and O–H groups in total. The van der Waals surface area contributed by atoms with Crippen LogP contribution >= 0.6 is 11.3 Å². The molecule has 0 spiro atoms. The molecule has 0 saturated carbocycles. The van der Waals surface area contributed by atoms with Crippen molar-refractivity contribution in [3.63, 3.8) is 0 Å². The number of thiophene rings is 1. The van der Waals surface area contributed by atoms with E-state index in [1.807, 2.05) is 0 Å². The van der Waals surface area contributed by atoms with Gasteiger partial charge in [0.25, 0.3) is 5.91 Å². The van der Waals surface area contributed by atoms with Crippen molar-refractivity contribution in [1.29, 1.82) is 5.26 Å². The van der Waals surface area contributed by atoms with Crippen molar-refractivity contribution in [3.05, 3.63) is 45.8 Å². The number of rotatable bonds is 5. The second-order valence-corrected chi connectivity index (χ2v) is 9.96. The Bertz CT molecular complexity index is 1030. The average molecular weight is 419 g/mol. The third kappa shape index (κ3) is 3.82. The van der Waals surface area contributed by atoms with Crippen LogP contribution in [0.2, 0.25) is 0 Å². The summed E-state index contributed by atoms with van der Waals surface area (Å²) in [6, 6.07) is 8.00. The molecule has 0 fully saturated rings. The highest BCUT2D eigenvalue weighted by molar-refractivity contribution is 7.89. The van der Waals surface area contributed by atoms with E-state index in [2.05, 4.69) is 23.2 Å². The van der Waals surface area contributed by atoms with Gasteiger partial charge in [-0.1, -0.05) is 6.92 Å². The fourth-order valence-corrected chi connectivity index (χ4v) is 5.23. The topological polar surface area (TPSA) is 93.5 Å². The molecule has 1 aromatic heterocycles. The van der Waals surface area contributed by atoms with Crippen molar-refractivity contribution in [1.82, 2.24) is 9.21 Å². The Balaban J connectivity index is 1.82. The van der Waals surface area contributed by atoms with E-state index < -0.39 is 10.0 Å². The number of anilines is 1. The number of carbonyl (C=O) groups is 1. The summed E-state index contributed by atoms with van der Waals surface area (Å²) in [4.78, 5) is 16.2. The fraction of sp³-hybridized carbons (Fsp3) is 0.368. The number of hydrogen-bond donors (Lipinski definition) is 1. The minimum Gasteiger partial charge on any atom is -0.312 e. The zero-order valence-corrected chi connectivity index (χ0v) is 17.7. The quantitative estimate of drug-likeness (QED) is 0.805. The fourth-order valence-electron chi connectivity index (χ4n) is 3.10. The second-order valence-electron chi connectivity index (χ2n) is 6.70. The van der Waals surface area contributed by atoms with E-state index in [0.717, 1.165) is 40.8 Å². The molecule has 1 amide bonds. The molecule has 0 atom stereocenters. The van der Waals surface area contributed by atoms with Crippen molar-refractivity contribution < 1.29 is 13.2 Å². The first-order valence-corrected chi connectivity index (χ1v) is 11.1. The maximum atomic E-state index is 12.6. The number of sulfonamides is 1. The molecular formula is C19H22N4O3S2. The van der Waals surface area contributed by atoms with Crippen LogP contribution in [0.5, 0.6) is 0 Å². The molecule has 7 nitrogen and oxygen atoms in total. The normalized spacial score (nSPS) is 14.5. The summed E-state index contributed by atoms with van der Waals surface area (Å²) >= 11 is 1.44. The first kappa shape index (κ1) is 20.5. The summed E-state index contributed by atoms with van der Waals surface area (Å²) < 4.78 is 25.4. The summed E-state index contributed by atoms with van der Waals surface area (Å²) in [6.07, 6.45) is 0.801. The monoisotopic (exact) mass is 418 g/mol. The van der Waals surface area contributed by atoms with E-state index in [4.69, 9.17) is 0 Å². The molecule has 1 aliphatic heterocycles. The van der Waals surface area contributed by atoms with Crippen LogP contribution in [0.15, 0.2) is 29.2 Å². The van der Waals surface area contributed by atoms with E-state index in [1.54, 1.807) is 0 Å². The van der Waals surface area contributed by atoms with Crippen LogP contribution < -0.4 is 5.32 Å². The van der Waals surface area contributed by atoms with Gasteiger partial charge in [0.15, 0.2) is 0 Å². The van der Waals surface area contributed by atoms with Gasteiger partial charge in [-0.05, 0) is 42.8 Å². The van der Waals surface area contributed by atoms with Gasteiger partial charge in [-0.25, -0.2) is 12.7 Å². The van der Waals surface area contributed by atoms with E-state index in [9.17, 15) is 18.5 Å². The molecule has 2 aromatic rings. The molecule has 0 unspecified atom stereocenters. The lowest BCUT2D eigenvalue weighted by Crippen LogP contribution is -2.29. The summed E-state index contributed by atoms with van der Waals surface area (Å²) in [5.74, 6) is -0.365. The summed E-state index contributed by atoms with van der Waals surface area (Å²) in [6.45, 7) is 4.75. The van der Waals surface area contributed by atoms with Crippen LogP contribution in [-0.2, 0) is 23.0 Å². The molecule has 3 rings (SSSR count). The molecule has 1 aliphatic rings. The SMILES string of the molecule is CCN1CCc2c(sc(NC(=O)c3ccc(S(=O)(=O)N(C)C)cc3)c2C#N)C1. The number of nitrogens with one attached hydrogen (secondary N) is 1. The molecule has 0 radical (unpaired) electrons. The standard InChI is InChI=1S/C19H22N4O3S2/c1-4-23-10-9-15-16(11-20)19(27-17(15)12-23)21-18(24)13-5-7-14(8-6-13)28(25,26)22(2)3/h5-8H,4,9-10,12H2,1-3H3,(H,21,24). The highest BCUT2D eigenvalue weighted by Gasteiger charge is 2.25. The Hall–Kier alpha value is -2.25. The number of benzene rings is 1. The van der Waals surface area contributed by atoms with E-state index in [-0.39, 0.29) is 10.8 Å². The van der Waals surface area contributed by atoms with Crippen LogP contribution in [0.1, 0.15) is 33.3 Å². The van der Waals surface area contributed by atoms with Crippen molar-refractivity contribution >= 4 is 32.3 Å². The molecule has 0 bridgehead atoms. The predicted octanol–water partition coefficient (Wildman–Crippen LogP) is 2.50. The summed E-state index contributed by atoms with van der Waals surface area (Å²) in [7, 11) is -0.631. The van der Waals surface area contributed by atoms with Crippen LogP contribution in [-0.4, -0.2) is 50.7 Å². The number of fused-ring (bicyclic) bond motifs is 1. The Morgan fingerprint density at radius 3 is 2.57 bits per heavy atom. The number of nitrogens with zero attached hydrogens (tertiary/aromatic N) is 3. The highest BCUT2D eigenvalue weighted by atomic mass is 32.2. The average Bonchev–Trinajstić information content (AvgIpc) is 3.03. The second kappa shape index (κ2) is 8.01. The third-order valence-corrected chi connectivity index (χ3v) is 7.78. The number of nitriles is 1.